The largest absolute Gasteiger partial charge is 0.458 e. The molecule has 2 atom stereocenters. The third-order valence-electron chi connectivity index (χ3n) is 4.59. The van der Waals surface area contributed by atoms with Crippen LogP contribution in [0.1, 0.15) is 37.0 Å². The summed E-state index contributed by atoms with van der Waals surface area (Å²) in [5.74, 6) is 0.520. The monoisotopic (exact) mass is 259 g/mol. The summed E-state index contributed by atoms with van der Waals surface area (Å²) in [4.78, 5) is 0. The smallest absolute Gasteiger partial charge is 0.171 e. The second-order valence-electron chi connectivity index (χ2n) is 6.16. The number of fused-ring (bicyclic) bond motifs is 3. The molecular weight excluding hydrogens is 241 g/mol. The molecule has 3 heteroatoms. The predicted molar refractivity (Wildman–Crippen MR) is 72.9 cm³/mol. The van der Waals surface area contributed by atoms with Gasteiger partial charge in [0.15, 0.2) is 5.67 Å². The first-order valence-corrected chi connectivity index (χ1v) is 7.08. The molecule has 0 radical (unpaired) electrons. The van der Waals surface area contributed by atoms with Crippen LogP contribution in [0.2, 0.25) is 0 Å². The number of hydrogen-bond donors (Lipinski definition) is 1. The Morgan fingerprint density at radius 2 is 1.95 bits per heavy atom. The second kappa shape index (κ2) is 3.83. The van der Waals surface area contributed by atoms with Crippen LogP contribution in [-0.4, -0.2) is 12.1 Å². The maximum atomic E-state index is 15.3. The molecule has 19 heavy (non-hydrogen) atoms. The van der Waals surface area contributed by atoms with Crippen LogP contribution in [0.25, 0.3) is 11.0 Å². The predicted octanol–water partition coefficient (Wildman–Crippen LogP) is 3.82. The van der Waals surface area contributed by atoms with Crippen molar-refractivity contribution >= 4 is 11.0 Å². The Balaban J connectivity index is 1.76. The molecule has 2 unspecified atom stereocenters. The Morgan fingerprint density at radius 1 is 1.21 bits per heavy atom. The number of piperidine rings is 1. The molecule has 1 N–H and O–H groups in total. The summed E-state index contributed by atoms with van der Waals surface area (Å²) in [5, 5.41) is 4.49. The average molecular weight is 259 g/mol. The van der Waals surface area contributed by atoms with E-state index in [4.69, 9.17) is 4.42 Å². The van der Waals surface area contributed by atoms with Crippen LogP contribution in [0.5, 0.6) is 0 Å². The van der Waals surface area contributed by atoms with Crippen LogP contribution in [0, 0.1) is 6.92 Å². The quantitative estimate of drug-likeness (QED) is 0.842. The molecule has 2 aromatic rings. The fourth-order valence-electron chi connectivity index (χ4n) is 3.67. The normalized spacial score (nSPS) is 34.0. The standard InChI is InChI=1S/C16H18FNO/c1-10-2-5-14-11(6-10)7-15(19-14)16(17)8-12-3-4-13(9-16)18-12/h2,5-7,12-13,18H,3-4,8-9H2,1H3. The van der Waals surface area contributed by atoms with Crippen LogP contribution >= 0.6 is 0 Å². The molecule has 4 rings (SSSR count). The van der Waals surface area contributed by atoms with Crippen molar-refractivity contribution < 1.29 is 8.81 Å². The molecule has 2 bridgehead atoms. The SMILES string of the molecule is Cc1ccc2oc(C3(F)CC4CCC(C3)N4)cc2c1. The van der Waals surface area contributed by atoms with E-state index in [1.54, 1.807) is 0 Å². The van der Waals surface area contributed by atoms with Gasteiger partial charge in [-0.15, -0.1) is 0 Å². The van der Waals surface area contributed by atoms with Crippen molar-refractivity contribution in [2.75, 3.05) is 0 Å². The van der Waals surface area contributed by atoms with Crippen LogP contribution < -0.4 is 5.32 Å². The number of alkyl halides is 1. The van der Waals surface area contributed by atoms with Gasteiger partial charge in [-0.3, -0.25) is 0 Å². The Kier molecular flexibility index (Phi) is 2.31. The number of halogens is 1. The lowest BCUT2D eigenvalue weighted by Gasteiger charge is -2.33. The Morgan fingerprint density at radius 3 is 2.68 bits per heavy atom. The molecule has 0 aliphatic carbocycles. The molecule has 2 aliphatic rings. The molecule has 2 saturated heterocycles. The minimum atomic E-state index is -1.29. The van der Waals surface area contributed by atoms with Crippen molar-refractivity contribution in [2.45, 2.75) is 50.4 Å². The number of nitrogens with one attached hydrogen (secondary N) is 1. The summed E-state index contributed by atoms with van der Waals surface area (Å²) in [6, 6.07) is 8.53. The van der Waals surface area contributed by atoms with Crippen molar-refractivity contribution in [2.24, 2.45) is 0 Å². The Hall–Kier alpha value is -1.35. The first kappa shape index (κ1) is 11.5. The first-order valence-electron chi connectivity index (χ1n) is 7.08. The van der Waals surface area contributed by atoms with E-state index >= 15 is 4.39 Å². The molecule has 0 amide bonds. The molecule has 0 spiro atoms. The zero-order valence-corrected chi connectivity index (χ0v) is 11.1. The van der Waals surface area contributed by atoms with Crippen molar-refractivity contribution in [3.05, 3.63) is 35.6 Å². The maximum Gasteiger partial charge on any atom is 0.171 e. The molecule has 1 aromatic carbocycles. The third kappa shape index (κ3) is 1.79. The molecule has 2 nitrogen and oxygen atoms in total. The highest BCUT2D eigenvalue weighted by Crippen LogP contribution is 2.45. The van der Waals surface area contributed by atoms with Gasteiger partial charge in [-0.1, -0.05) is 11.6 Å². The zero-order valence-electron chi connectivity index (χ0n) is 11.1. The van der Waals surface area contributed by atoms with E-state index in [0.717, 1.165) is 23.8 Å². The molecule has 0 saturated carbocycles. The molecule has 2 aliphatic heterocycles. The van der Waals surface area contributed by atoms with Crippen molar-refractivity contribution in [1.82, 2.24) is 5.32 Å². The van der Waals surface area contributed by atoms with E-state index in [0.29, 0.717) is 30.7 Å². The summed E-state index contributed by atoms with van der Waals surface area (Å²) in [5.41, 5.74) is 0.686. The van der Waals surface area contributed by atoms with Gasteiger partial charge in [0.05, 0.1) is 0 Å². The summed E-state index contributed by atoms with van der Waals surface area (Å²) in [6.45, 7) is 2.04. The van der Waals surface area contributed by atoms with E-state index in [1.807, 2.05) is 25.1 Å². The highest BCUT2D eigenvalue weighted by Gasteiger charge is 2.47. The lowest BCUT2D eigenvalue weighted by Crippen LogP contribution is -2.44. The van der Waals surface area contributed by atoms with Gasteiger partial charge in [0.25, 0.3) is 0 Å². The summed E-state index contributed by atoms with van der Waals surface area (Å²) in [7, 11) is 0. The van der Waals surface area contributed by atoms with Gasteiger partial charge in [0.2, 0.25) is 0 Å². The third-order valence-corrected chi connectivity index (χ3v) is 4.59. The summed E-state index contributed by atoms with van der Waals surface area (Å²) >= 11 is 0. The Labute approximate surface area is 112 Å². The molecule has 2 fully saturated rings. The van der Waals surface area contributed by atoms with Crippen LogP contribution in [0.4, 0.5) is 4.39 Å². The van der Waals surface area contributed by atoms with Crippen molar-refractivity contribution in [1.29, 1.82) is 0 Å². The number of hydrogen-bond acceptors (Lipinski definition) is 2. The lowest BCUT2D eigenvalue weighted by atomic mass is 9.87. The Bertz CT molecular complexity index is 621. The topological polar surface area (TPSA) is 25.2 Å². The fourth-order valence-corrected chi connectivity index (χ4v) is 3.67. The summed E-state index contributed by atoms with van der Waals surface area (Å²) < 4.78 is 21.0. The van der Waals surface area contributed by atoms with E-state index in [1.165, 1.54) is 5.56 Å². The average Bonchev–Trinajstić information content (AvgIpc) is 2.93. The first-order chi connectivity index (χ1) is 9.12. The zero-order chi connectivity index (χ0) is 13.0. The fraction of sp³-hybridized carbons (Fsp3) is 0.500. The molecule has 1 aromatic heterocycles. The summed E-state index contributed by atoms with van der Waals surface area (Å²) in [6.07, 6.45) is 3.27. The number of benzene rings is 1. The van der Waals surface area contributed by atoms with Gasteiger partial charge in [-0.05, 0) is 38.0 Å². The lowest BCUT2D eigenvalue weighted by molar-refractivity contribution is 0.0645. The second-order valence-corrected chi connectivity index (χ2v) is 6.16. The van der Waals surface area contributed by atoms with Crippen molar-refractivity contribution in [3.63, 3.8) is 0 Å². The minimum absolute atomic E-state index is 0.318. The minimum Gasteiger partial charge on any atom is -0.458 e. The van der Waals surface area contributed by atoms with E-state index in [2.05, 4.69) is 11.4 Å². The number of aryl methyl sites for hydroxylation is 1. The van der Waals surface area contributed by atoms with Crippen LogP contribution in [0.15, 0.2) is 28.7 Å². The number of furan rings is 1. The molecular formula is C16H18FNO. The molecule has 3 heterocycles. The van der Waals surface area contributed by atoms with E-state index < -0.39 is 5.67 Å². The van der Waals surface area contributed by atoms with Crippen LogP contribution in [-0.2, 0) is 5.67 Å². The van der Waals surface area contributed by atoms with E-state index in [-0.39, 0.29) is 0 Å². The van der Waals surface area contributed by atoms with Gasteiger partial charge in [0.1, 0.15) is 11.3 Å². The number of rotatable bonds is 1. The van der Waals surface area contributed by atoms with Gasteiger partial charge >= 0.3 is 0 Å². The van der Waals surface area contributed by atoms with E-state index in [9.17, 15) is 0 Å². The molecule has 100 valence electrons. The van der Waals surface area contributed by atoms with Crippen LogP contribution in [0.3, 0.4) is 0 Å². The van der Waals surface area contributed by atoms with Gasteiger partial charge in [0, 0.05) is 30.3 Å². The van der Waals surface area contributed by atoms with Crippen molar-refractivity contribution in [3.8, 4) is 0 Å². The maximum absolute atomic E-state index is 15.3. The van der Waals surface area contributed by atoms with Gasteiger partial charge in [-0.2, -0.15) is 0 Å². The van der Waals surface area contributed by atoms with Gasteiger partial charge < -0.3 is 9.73 Å². The van der Waals surface area contributed by atoms with Gasteiger partial charge in [-0.25, -0.2) is 4.39 Å². The highest BCUT2D eigenvalue weighted by atomic mass is 19.1. The highest BCUT2D eigenvalue weighted by molar-refractivity contribution is 5.78.